The summed E-state index contributed by atoms with van der Waals surface area (Å²) in [5.74, 6) is 1.85. The Kier molecular flexibility index (Phi) is 9.34. The average molecular weight is 550 g/mol. The molecule has 0 bridgehead atoms. The van der Waals surface area contributed by atoms with Crippen molar-refractivity contribution < 1.29 is 4.74 Å². The smallest absolute Gasteiger partial charge is 0.160 e. The van der Waals surface area contributed by atoms with Gasteiger partial charge < -0.3 is 19.4 Å². The number of aromatic amines is 1. The standard InChI is InChI=1S/C26H37ClN8O.ClH/c1-4-21-24-25(31-30-21)28-18-29-26(24)35-12-10-34(11-13-35)22-16-20(27)17-23(19(22)3)36-15-14-33-8-6-32(5-2)7-9-33;/h16-18H,4-15H2,1-3H3,(H,28,29,30,31);1H. The number of aromatic nitrogens is 4. The van der Waals surface area contributed by atoms with Crippen molar-refractivity contribution in [3.63, 3.8) is 0 Å². The van der Waals surface area contributed by atoms with Crippen LogP contribution in [0.2, 0.25) is 5.02 Å². The molecule has 2 aromatic heterocycles. The third-order valence-corrected chi connectivity index (χ3v) is 7.76. The lowest BCUT2D eigenvalue weighted by Crippen LogP contribution is -2.47. The largest absolute Gasteiger partial charge is 0.492 e. The van der Waals surface area contributed by atoms with Crippen molar-refractivity contribution in [3.8, 4) is 5.75 Å². The second-order valence-corrected chi connectivity index (χ2v) is 10.0. The zero-order valence-corrected chi connectivity index (χ0v) is 23.6. The van der Waals surface area contributed by atoms with Gasteiger partial charge in [-0.3, -0.25) is 10.00 Å². The summed E-state index contributed by atoms with van der Waals surface area (Å²) in [6.45, 7) is 17.2. The van der Waals surface area contributed by atoms with E-state index in [1.807, 2.05) is 6.07 Å². The lowest BCUT2D eigenvalue weighted by atomic mass is 10.1. The Morgan fingerprint density at radius 1 is 0.946 bits per heavy atom. The fourth-order valence-electron chi connectivity index (χ4n) is 5.29. The Labute approximate surface area is 230 Å². The zero-order valence-electron chi connectivity index (χ0n) is 22.0. The van der Waals surface area contributed by atoms with Crippen LogP contribution in [0.1, 0.15) is 25.1 Å². The molecular formula is C26H38Cl2N8O. The van der Waals surface area contributed by atoms with E-state index in [0.717, 1.165) is 111 Å². The van der Waals surface area contributed by atoms with Gasteiger partial charge in [0, 0.05) is 75.2 Å². The summed E-state index contributed by atoms with van der Waals surface area (Å²) in [6.07, 6.45) is 2.47. The molecule has 2 aliphatic heterocycles. The Morgan fingerprint density at radius 3 is 2.35 bits per heavy atom. The van der Waals surface area contributed by atoms with E-state index in [0.29, 0.717) is 11.6 Å². The minimum absolute atomic E-state index is 0. The van der Waals surface area contributed by atoms with Gasteiger partial charge in [0.25, 0.3) is 0 Å². The fraction of sp³-hybridized carbons (Fsp3) is 0.577. The van der Waals surface area contributed by atoms with Crippen molar-refractivity contribution in [3.05, 3.63) is 34.7 Å². The Hall–Kier alpha value is -2.33. The van der Waals surface area contributed by atoms with Gasteiger partial charge in [0.1, 0.15) is 24.5 Å². The molecular weight excluding hydrogens is 511 g/mol. The highest BCUT2D eigenvalue weighted by Crippen LogP contribution is 2.34. The normalized spacial score (nSPS) is 17.3. The molecule has 37 heavy (non-hydrogen) atoms. The highest BCUT2D eigenvalue weighted by atomic mass is 35.5. The third-order valence-electron chi connectivity index (χ3n) is 7.54. The number of hydrogen-bond acceptors (Lipinski definition) is 8. The summed E-state index contributed by atoms with van der Waals surface area (Å²) < 4.78 is 6.26. The van der Waals surface area contributed by atoms with Gasteiger partial charge in [-0.25, -0.2) is 9.97 Å². The lowest BCUT2D eigenvalue weighted by molar-refractivity contribution is 0.120. The van der Waals surface area contributed by atoms with Crippen LogP contribution in [-0.4, -0.2) is 102 Å². The van der Waals surface area contributed by atoms with Crippen molar-refractivity contribution in [2.45, 2.75) is 27.2 Å². The highest BCUT2D eigenvalue weighted by molar-refractivity contribution is 6.31. The fourth-order valence-corrected chi connectivity index (χ4v) is 5.49. The molecule has 202 valence electrons. The van der Waals surface area contributed by atoms with Crippen LogP contribution in [0.25, 0.3) is 11.0 Å². The van der Waals surface area contributed by atoms with Crippen LogP contribution in [0.4, 0.5) is 11.5 Å². The van der Waals surface area contributed by atoms with E-state index >= 15 is 0 Å². The number of anilines is 2. The maximum absolute atomic E-state index is 6.55. The van der Waals surface area contributed by atoms with E-state index in [1.165, 1.54) is 0 Å². The molecule has 0 spiro atoms. The molecule has 9 nitrogen and oxygen atoms in total. The molecule has 2 saturated heterocycles. The van der Waals surface area contributed by atoms with Crippen LogP contribution in [0.5, 0.6) is 5.75 Å². The monoisotopic (exact) mass is 548 g/mol. The molecule has 1 aromatic carbocycles. The number of nitrogens with zero attached hydrogens (tertiary/aromatic N) is 7. The molecule has 0 unspecified atom stereocenters. The van der Waals surface area contributed by atoms with Crippen molar-refractivity contribution >= 4 is 46.5 Å². The van der Waals surface area contributed by atoms with Gasteiger partial charge >= 0.3 is 0 Å². The first kappa shape index (κ1) is 27.7. The predicted octanol–water partition coefficient (Wildman–Crippen LogP) is 3.64. The van der Waals surface area contributed by atoms with Crippen LogP contribution in [0.3, 0.4) is 0 Å². The van der Waals surface area contributed by atoms with Crippen molar-refractivity contribution in [1.29, 1.82) is 0 Å². The molecule has 2 fully saturated rings. The van der Waals surface area contributed by atoms with E-state index in [9.17, 15) is 0 Å². The third kappa shape index (κ3) is 6.06. The number of rotatable bonds is 8. The maximum atomic E-state index is 6.55. The minimum Gasteiger partial charge on any atom is -0.492 e. The quantitative estimate of drug-likeness (QED) is 0.457. The van der Waals surface area contributed by atoms with Crippen molar-refractivity contribution in [2.24, 2.45) is 0 Å². The predicted molar refractivity (Wildman–Crippen MR) is 153 cm³/mol. The summed E-state index contributed by atoms with van der Waals surface area (Å²) >= 11 is 6.55. The van der Waals surface area contributed by atoms with Gasteiger partial charge in [-0.2, -0.15) is 5.10 Å². The molecule has 2 aliphatic rings. The average Bonchev–Trinajstić information content (AvgIpc) is 3.34. The van der Waals surface area contributed by atoms with E-state index in [-0.39, 0.29) is 12.4 Å². The van der Waals surface area contributed by atoms with E-state index < -0.39 is 0 Å². The summed E-state index contributed by atoms with van der Waals surface area (Å²) in [7, 11) is 0. The second-order valence-electron chi connectivity index (χ2n) is 9.59. The number of benzene rings is 1. The molecule has 5 rings (SSSR count). The Balaban J connectivity index is 0.00000320. The van der Waals surface area contributed by atoms with Crippen LogP contribution >= 0.6 is 24.0 Å². The number of ether oxygens (including phenoxy) is 1. The van der Waals surface area contributed by atoms with Crippen molar-refractivity contribution in [1.82, 2.24) is 30.0 Å². The molecule has 4 heterocycles. The Bertz CT molecular complexity index is 1170. The first-order valence-corrected chi connectivity index (χ1v) is 13.5. The molecule has 0 radical (unpaired) electrons. The number of hydrogen-bond donors (Lipinski definition) is 1. The molecule has 1 N–H and O–H groups in total. The van der Waals surface area contributed by atoms with Gasteiger partial charge in [-0.15, -0.1) is 12.4 Å². The SMILES string of the molecule is CCc1n[nH]c2ncnc(N3CCN(c4cc(Cl)cc(OCCN5CCN(CC)CC5)c4C)CC3)c12.Cl. The first-order chi connectivity index (χ1) is 17.6. The van der Waals surface area contributed by atoms with Crippen LogP contribution < -0.4 is 14.5 Å². The van der Waals surface area contributed by atoms with E-state index in [4.69, 9.17) is 16.3 Å². The summed E-state index contributed by atoms with van der Waals surface area (Å²) in [5, 5.41) is 9.23. The maximum Gasteiger partial charge on any atom is 0.160 e. The molecule has 0 atom stereocenters. The number of halogens is 2. The zero-order chi connectivity index (χ0) is 25.1. The number of H-pyrrole nitrogens is 1. The molecule has 0 amide bonds. The second kappa shape index (κ2) is 12.5. The van der Waals surface area contributed by atoms with Gasteiger partial charge in [0.05, 0.1) is 11.1 Å². The molecule has 0 aliphatic carbocycles. The molecule has 3 aromatic rings. The summed E-state index contributed by atoms with van der Waals surface area (Å²) in [5.41, 5.74) is 4.12. The van der Waals surface area contributed by atoms with Crippen molar-refractivity contribution in [2.75, 3.05) is 81.9 Å². The number of likely N-dealkylation sites (N-methyl/N-ethyl adjacent to an activating group) is 1. The highest BCUT2D eigenvalue weighted by Gasteiger charge is 2.24. The van der Waals surface area contributed by atoms with Gasteiger partial charge in [-0.05, 0) is 32.0 Å². The van der Waals surface area contributed by atoms with E-state index in [1.54, 1.807) is 6.33 Å². The summed E-state index contributed by atoms with van der Waals surface area (Å²) in [6, 6.07) is 4.02. The van der Waals surface area contributed by atoms with E-state index in [2.05, 4.69) is 66.6 Å². The molecule has 11 heteroatoms. The number of nitrogens with one attached hydrogen (secondary N) is 1. The topological polar surface area (TPSA) is 76.6 Å². The van der Waals surface area contributed by atoms with Gasteiger partial charge in [0.15, 0.2) is 5.65 Å². The lowest BCUT2D eigenvalue weighted by Gasteiger charge is -2.38. The molecule has 0 saturated carbocycles. The first-order valence-electron chi connectivity index (χ1n) is 13.1. The summed E-state index contributed by atoms with van der Waals surface area (Å²) in [4.78, 5) is 18.7. The number of aryl methyl sites for hydroxylation is 1. The van der Waals surface area contributed by atoms with Gasteiger partial charge in [0.2, 0.25) is 0 Å². The minimum atomic E-state index is 0. The number of piperazine rings is 2. The Morgan fingerprint density at radius 2 is 1.65 bits per heavy atom. The van der Waals surface area contributed by atoms with Crippen LogP contribution in [0, 0.1) is 6.92 Å². The van der Waals surface area contributed by atoms with Crippen LogP contribution in [-0.2, 0) is 6.42 Å². The van der Waals surface area contributed by atoms with Crippen LogP contribution in [0.15, 0.2) is 18.5 Å². The number of fused-ring (bicyclic) bond motifs is 1. The van der Waals surface area contributed by atoms with Gasteiger partial charge in [-0.1, -0.05) is 25.4 Å².